The second-order valence-electron chi connectivity index (χ2n) is 5.01. The Hall–Kier alpha value is -2.46. The van der Waals surface area contributed by atoms with Gasteiger partial charge in [-0.3, -0.25) is 0 Å². The average Bonchev–Trinajstić information content (AvgIpc) is 2.94. The molecule has 0 fully saturated rings. The van der Waals surface area contributed by atoms with Crippen LogP contribution in [0.15, 0.2) is 59.6 Å². The number of hydrogen-bond acceptors (Lipinski definition) is 4. The van der Waals surface area contributed by atoms with E-state index in [1.54, 1.807) is 13.0 Å². The van der Waals surface area contributed by atoms with Crippen molar-refractivity contribution in [3.05, 3.63) is 70.7 Å². The van der Waals surface area contributed by atoms with E-state index >= 15 is 0 Å². The van der Waals surface area contributed by atoms with Crippen LogP contribution in [-0.2, 0) is 20.9 Å². The SMILES string of the molecule is CCOC(=O)C1(OCc2ccccc2)C=c2ccccc2=N1. The molecular weight excluding hydrogens is 278 g/mol. The molecular formula is C18H17NO3. The standard InChI is InChI=1S/C18H17NO3/c1-2-21-17(20)18(22-13-14-8-4-3-5-9-14)12-15-10-6-7-11-16(15)19-18/h3-12H,2,13H2,1H3. The number of ether oxygens (including phenoxy) is 2. The van der Waals surface area contributed by atoms with Gasteiger partial charge in [0.1, 0.15) is 0 Å². The molecule has 1 atom stereocenters. The van der Waals surface area contributed by atoms with Crippen LogP contribution < -0.4 is 10.6 Å². The number of carbonyl (C=O) groups excluding carboxylic acids is 1. The van der Waals surface area contributed by atoms with E-state index in [0.717, 1.165) is 16.1 Å². The Bertz CT molecular complexity index is 748. The first-order valence-electron chi connectivity index (χ1n) is 7.26. The topological polar surface area (TPSA) is 47.9 Å². The molecule has 3 rings (SSSR count). The van der Waals surface area contributed by atoms with Crippen LogP contribution in [0.2, 0.25) is 0 Å². The molecule has 1 aliphatic heterocycles. The highest BCUT2D eigenvalue weighted by atomic mass is 16.6. The van der Waals surface area contributed by atoms with Crippen molar-refractivity contribution in [2.45, 2.75) is 19.3 Å². The van der Waals surface area contributed by atoms with E-state index in [1.807, 2.05) is 54.6 Å². The minimum absolute atomic E-state index is 0.285. The van der Waals surface area contributed by atoms with Gasteiger partial charge >= 0.3 is 5.97 Å². The Kier molecular flexibility index (Phi) is 4.02. The van der Waals surface area contributed by atoms with Gasteiger partial charge in [-0.2, -0.15) is 0 Å². The second kappa shape index (κ2) is 6.12. The molecule has 0 saturated carbocycles. The van der Waals surface area contributed by atoms with Crippen molar-refractivity contribution in [3.8, 4) is 0 Å². The van der Waals surface area contributed by atoms with Gasteiger partial charge in [0.15, 0.2) is 0 Å². The molecule has 1 unspecified atom stereocenters. The molecule has 0 radical (unpaired) electrons. The third-order valence-corrected chi connectivity index (χ3v) is 3.44. The predicted octanol–water partition coefficient (Wildman–Crippen LogP) is 1.58. The fourth-order valence-electron chi connectivity index (χ4n) is 2.37. The summed E-state index contributed by atoms with van der Waals surface area (Å²) < 4.78 is 11.0. The molecule has 0 aliphatic carbocycles. The van der Waals surface area contributed by atoms with Gasteiger partial charge in [0, 0.05) is 5.22 Å². The van der Waals surface area contributed by atoms with Crippen molar-refractivity contribution >= 4 is 12.0 Å². The summed E-state index contributed by atoms with van der Waals surface area (Å²) in [5.41, 5.74) is -0.416. The third kappa shape index (κ3) is 2.78. The molecule has 1 aliphatic rings. The minimum atomic E-state index is -1.39. The van der Waals surface area contributed by atoms with Gasteiger partial charge in [0.05, 0.1) is 18.6 Å². The van der Waals surface area contributed by atoms with Crippen LogP contribution >= 0.6 is 0 Å². The Balaban J connectivity index is 1.92. The van der Waals surface area contributed by atoms with E-state index in [-0.39, 0.29) is 13.2 Å². The number of benzene rings is 2. The molecule has 0 aromatic heterocycles. The van der Waals surface area contributed by atoms with Crippen molar-refractivity contribution in [1.29, 1.82) is 0 Å². The molecule has 2 aromatic carbocycles. The smallest absolute Gasteiger partial charge is 0.366 e. The average molecular weight is 295 g/mol. The Labute approximate surface area is 128 Å². The summed E-state index contributed by atoms with van der Waals surface area (Å²) in [6, 6.07) is 17.2. The summed E-state index contributed by atoms with van der Waals surface area (Å²) in [5.74, 6) is -0.484. The Morgan fingerprint density at radius 3 is 2.55 bits per heavy atom. The molecule has 1 heterocycles. The van der Waals surface area contributed by atoms with Crippen molar-refractivity contribution < 1.29 is 14.3 Å². The van der Waals surface area contributed by atoms with Crippen molar-refractivity contribution in [2.24, 2.45) is 4.99 Å². The van der Waals surface area contributed by atoms with Crippen LogP contribution in [0.4, 0.5) is 0 Å². The van der Waals surface area contributed by atoms with Crippen LogP contribution in [0, 0.1) is 0 Å². The number of para-hydroxylation sites is 1. The van der Waals surface area contributed by atoms with Gasteiger partial charge in [-0.25, -0.2) is 9.79 Å². The number of fused-ring (bicyclic) bond motifs is 1. The minimum Gasteiger partial charge on any atom is -0.462 e. The van der Waals surface area contributed by atoms with E-state index in [9.17, 15) is 4.79 Å². The zero-order valence-corrected chi connectivity index (χ0v) is 12.4. The lowest BCUT2D eigenvalue weighted by Crippen LogP contribution is -2.38. The number of carbonyl (C=O) groups is 1. The predicted molar refractivity (Wildman–Crippen MR) is 82.3 cm³/mol. The summed E-state index contributed by atoms with van der Waals surface area (Å²) >= 11 is 0. The van der Waals surface area contributed by atoms with Crippen molar-refractivity contribution in [1.82, 2.24) is 0 Å². The highest BCUT2D eigenvalue weighted by molar-refractivity contribution is 5.87. The van der Waals surface area contributed by atoms with Crippen LogP contribution in [0.5, 0.6) is 0 Å². The molecule has 0 bridgehead atoms. The summed E-state index contributed by atoms with van der Waals surface area (Å²) in [7, 11) is 0. The van der Waals surface area contributed by atoms with Gasteiger partial charge in [0.25, 0.3) is 5.72 Å². The lowest BCUT2D eigenvalue weighted by Gasteiger charge is -2.22. The van der Waals surface area contributed by atoms with Crippen LogP contribution in [0.3, 0.4) is 0 Å². The number of hydrogen-bond donors (Lipinski definition) is 0. The van der Waals surface area contributed by atoms with Crippen LogP contribution in [0.1, 0.15) is 12.5 Å². The van der Waals surface area contributed by atoms with Crippen LogP contribution in [0.25, 0.3) is 6.08 Å². The lowest BCUT2D eigenvalue weighted by atomic mass is 10.2. The third-order valence-electron chi connectivity index (χ3n) is 3.44. The molecule has 0 amide bonds. The molecule has 0 spiro atoms. The van der Waals surface area contributed by atoms with E-state index < -0.39 is 11.7 Å². The molecule has 22 heavy (non-hydrogen) atoms. The van der Waals surface area contributed by atoms with E-state index in [1.165, 1.54) is 0 Å². The molecule has 4 nitrogen and oxygen atoms in total. The largest absolute Gasteiger partial charge is 0.462 e. The molecule has 0 N–H and O–H groups in total. The van der Waals surface area contributed by atoms with Crippen LogP contribution in [-0.4, -0.2) is 18.3 Å². The Morgan fingerprint density at radius 2 is 1.82 bits per heavy atom. The first-order valence-corrected chi connectivity index (χ1v) is 7.26. The zero-order chi connectivity index (χ0) is 15.4. The van der Waals surface area contributed by atoms with Gasteiger partial charge in [-0.15, -0.1) is 0 Å². The highest BCUT2D eigenvalue weighted by Gasteiger charge is 2.41. The number of rotatable bonds is 5. The lowest BCUT2D eigenvalue weighted by molar-refractivity contribution is -0.164. The van der Waals surface area contributed by atoms with Gasteiger partial charge in [-0.05, 0) is 24.6 Å². The molecule has 2 aromatic rings. The normalized spacial score (nSPS) is 19.0. The maximum Gasteiger partial charge on any atom is 0.366 e. The van der Waals surface area contributed by atoms with Gasteiger partial charge in [0.2, 0.25) is 0 Å². The zero-order valence-electron chi connectivity index (χ0n) is 12.4. The fourth-order valence-corrected chi connectivity index (χ4v) is 2.37. The summed E-state index contributed by atoms with van der Waals surface area (Å²) in [6.45, 7) is 2.34. The van der Waals surface area contributed by atoms with Gasteiger partial charge < -0.3 is 9.47 Å². The molecule has 4 heteroatoms. The van der Waals surface area contributed by atoms with E-state index in [4.69, 9.17) is 9.47 Å². The first-order chi connectivity index (χ1) is 10.7. The first kappa shape index (κ1) is 14.5. The van der Waals surface area contributed by atoms with Crippen molar-refractivity contribution in [2.75, 3.05) is 6.61 Å². The summed E-state index contributed by atoms with van der Waals surface area (Å²) in [4.78, 5) is 16.8. The summed E-state index contributed by atoms with van der Waals surface area (Å²) in [5, 5.41) is 1.62. The highest BCUT2D eigenvalue weighted by Crippen LogP contribution is 2.21. The fraction of sp³-hybridized carbons (Fsp3) is 0.222. The van der Waals surface area contributed by atoms with E-state index in [0.29, 0.717) is 0 Å². The Morgan fingerprint density at radius 1 is 1.09 bits per heavy atom. The van der Waals surface area contributed by atoms with E-state index in [2.05, 4.69) is 4.99 Å². The van der Waals surface area contributed by atoms with Gasteiger partial charge in [-0.1, -0.05) is 48.5 Å². The monoisotopic (exact) mass is 295 g/mol. The second-order valence-corrected chi connectivity index (χ2v) is 5.01. The van der Waals surface area contributed by atoms with Crippen molar-refractivity contribution in [3.63, 3.8) is 0 Å². The molecule has 0 saturated heterocycles. The molecule has 112 valence electrons. The maximum atomic E-state index is 12.4. The summed E-state index contributed by atoms with van der Waals surface area (Å²) in [6.07, 6.45) is 1.73. The quantitative estimate of drug-likeness (QED) is 0.787. The number of nitrogens with zero attached hydrogens (tertiary/aromatic N) is 1. The number of esters is 1. The maximum absolute atomic E-state index is 12.4.